The lowest BCUT2D eigenvalue weighted by Gasteiger charge is -2.26. The monoisotopic (exact) mass is 357 g/mol. The van der Waals surface area contributed by atoms with Crippen molar-refractivity contribution in [2.45, 2.75) is 27.3 Å². The molecule has 0 atom stereocenters. The van der Waals surface area contributed by atoms with E-state index in [1.807, 2.05) is 62.1 Å². The van der Waals surface area contributed by atoms with Crippen LogP contribution in [0, 0.1) is 6.92 Å². The van der Waals surface area contributed by atoms with Gasteiger partial charge in [0.2, 0.25) is 0 Å². The zero-order chi connectivity index (χ0) is 19.5. The Morgan fingerprint density at radius 1 is 0.923 bits per heavy atom. The van der Waals surface area contributed by atoms with Crippen molar-refractivity contribution in [3.63, 3.8) is 0 Å². The summed E-state index contributed by atoms with van der Waals surface area (Å²) < 4.78 is 9.65. The highest BCUT2D eigenvalue weighted by Crippen LogP contribution is 2.23. The van der Waals surface area contributed by atoms with Crippen molar-refractivity contribution in [1.29, 1.82) is 0 Å². The summed E-state index contributed by atoms with van der Waals surface area (Å²) in [7, 11) is 2.72. The summed E-state index contributed by atoms with van der Waals surface area (Å²) in [5, 5.41) is 0. The van der Waals surface area contributed by atoms with Crippen LogP contribution in [0.15, 0.2) is 48.5 Å². The average Bonchev–Trinajstić information content (AvgIpc) is 2.69. The first-order valence-corrected chi connectivity index (χ1v) is 8.60. The Kier molecular flexibility index (Phi) is 8.92. The summed E-state index contributed by atoms with van der Waals surface area (Å²) in [6, 6.07) is 15.0. The molecule has 0 aliphatic heterocycles. The van der Waals surface area contributed by atoms with Crippen molar-refractivity contribution in [2.24, 2.45) is 0 Å². The number of para-hydroxylation sites is 1. The third kappa shape index (κ3) is 5.62. The van der Waals surface area contributed by atoms with Crippen LogP contribution < -0.4 is 4.90 Å². The molecule has 0 N–H and O–H groups in total. The Labute approximate surface area is 155 Å². The highest BCUT2D eigenvalue weighted by molar-refractivity contribution is 5.91. The number of carbonyl (C=O) groups excluding carboxylic acids is 2. The van der Waals surface area contributed by atoms with Crippen LogP contribution in [0.4, 0.5) is 5.69 Å². The SMILES string of the molecule is CC.COC(=O)CN(Cc1ccccc1C(=O)OC)c1ccccc1C. The van der Waals surface area contributed by atoms with Gasteiger partial charge in [-0.1, -0.05) is 50.2 Å². The highest BCUT2D eigenvalue weighted by Gasteiger charge is 2.18. The van der Waals surface area contributed by atoms with Gasteiger partial charge >= 0.3 is 11.9 Å². The van der Waals surface area contributed by atoms with Crippen LogP contribution in [-0.4, -0.2) is 32.7 Å². The van der Waals surface area contributed by atoms with Crippen LogP contribution in [0.1, 0.15) is 35.3 Å². The minimum atomic E-state index is -0.395. The van der Waals surface area contributed by atoms with Gasteiger partial charge in [0.05, 0.1) is 19.8 Å². The molecular formula is C21H27NO4. The molecule has 5 heteroatoms. The largest absolute Gasteiger partial charge is 0.468 e. The maximum Gasteiger partial charge on any atom is 0.338 e. The fourth-order valence-corrected chi connectivity index (χ4v) is 2.54. The summed E-state index contributed by atoms with van der Waals surface area (Å²) in [6.07, 6.45) is 0. The van der Waals surface area contributed by atoms with Gasteiger partial charge in [0, 0.05) is 12.2 Å². The molecule has 0 amide bonds. The molecule has 0 saturated heterocycles. The van der Waals surface area contributed by atoms with Crippen molar-refractivity contribution in [1.82, 2.24) is 0 Å². The predicted octanol–water partition coefficient (Wildman–Crippen LogP) is 3.99. The smallest absolute Gasteiger partial charge is 0.338 e. The molecule has 0 saturated carbocycles. The van der Waals surface area contributed by atoms with Crippen molar-refractivity contribution in [3.8, 4) is 0 Å². The number of aryl methyl sites for hydroxylation is 1. The number of hydrogen-bond donors (Lipinski definition) is 0. The summed E-state index contributed by atoms with van der Waals surface area (Å²) in [5.74, 6) is -0.734. The molecule has 140 valence electrons. The van der Waals surface area contributed by atoms with E-state index in [1.54, 1.807) is 12.1 Å². The Bertz CT molecular complexity index is 727. The summed E-state index contributed by atoms with van der Waals surface area (Å²) in [6.45, 7) is 6.47. The van der Waals surface area contributed by atoms with Gasteiger partial charge in [-0.05, 0) is 30.2 Å². The van der Waals surface area contributed by atoms with Gasteiger partial charge in [0.15, 0.2) is 0 Å². The van der Waals surface area contributed by atoms with E-state index in [2.05, 4.69) is 0 Å². The van der Waals surface area contributed by atoms with Crippen LogP contribution in [0.25, 0.3) is 0 Å². The first kappa shape index (κ1) is 21.2. The van der Waals surface area contributed by atoms with Crippen LogP contribution >= 0.6 is 0 Å². The summed E-state index contributed by atoms with van der Waals surface area (Å²) in [5.41, 5.74) is 3.24. The highest BCUT2D eigenvalue weighted by atomic mass is 16.5. The minimum absolute atomic E-state index is 0.0941. The summed E-state index contributed by atoms with van der Waals surface area (Å²) in [4.78, 5) is 25.7. The quantitative estimate of drug-likeness (QED) is 0.732. The van der Waals surface area contributed by atoms with Gasteiger partial charge in [-0.2, -0.15) is 0 Å². The second-order valence-electron chi connectivity index (χ2n) is 5.37. The fourth-order valence-electron chi connectivity index (χ4n) is 2.54. The Morgan fingerprint density at radius 2 is 1.54 bits per heavy atom. The number of benzene rings is 2. The van der Waals surface area contributed by atoms with Crippen LogP contribution in [0.3, 0.4) is 0 Å². The molecule has 0 bridgehead atoms. The molecule has 0 aliphatic carbocycles. The van der Waals surface area contributed by atoms with Crippen molar-refractivity contribution < 1.29 is 19.1 Å². The van der Waals surface area contributed by atoms with E-state index < -0.39 is 5.97 Å². The van der Waals surface area contributed by atoms with E-state index in [9.17, 15) is 9.59 Å². The lowest BCUT2D eigenvalue weighted by molar-refractivity contribution is -0.139. The van der Waals surface area contributed by atoms with E-state index in [0.29, 0.717) is 12.1 Å². The Balaban J connectivity index is 0.00000163. The normalized spacial score (nSPS) is 9.58. The molecule has 0 heterocycles. The van der Waals surface area contributed by atoms with Crippen LogP contribution in [0.5, 0.6) is 0 Å². The average molecular weight is 357 g/mol. The summed E-state index contributed by atoms with van der Waals surface area (Å²) >= 11 is 0. The molecule has 26 heavy (non-hydrogen) atoms. The van der Waals surface area contributed by atoms with E-state index in [1.165, 1.54) is 14.2 Å². The second kappa shape index (κ2) is 10.9. The lowest BCUT2D eigenvalue weighted by atomic mass is 10.1. The molecule has 5 nitrogen and oxygen atoms in total. The number of anilines is 1. The Hall–Kier alpha value is -2.82. The van der Waals surface area contributed by atoms with E-state index in [4.69, 9.17) is 9.47 Å². The number of nitrogens with zero attached hydrogens (tertiary/aromatic N) is 1. The van der Waals surface area contributed by atoms with Crippen molar-refractivity contribution in [3.05, 3.63) is 65.2 Å². The molecule has 2 rings (SSSR count). The van der Waals surface area contributed by atoms with Gasteiger partial charge < -0.3 is 14.4 Å². The number of methoxy groups -OCH3 is 2. The van der Waals surface area contributed by atoms with Gasteiger partial charge in [-0.3, -0.25) is 4.79 Å². The van der Waals surface area contributed by atoms with Crippen LogP contribution in [-0.2, 0) is 20.8 Å². The second-order valence-corrected chi connectivity index (χ2v) is 5.37. The van der Waals surface area contributed by atoms with Gasteiger partial charge in [-0.25, -0.2) is 4.79 Å². The predicted molar refractivity (Wildman–Crippen MR) is 103 cm³/mol. The molecule has 0 unspecified atom stereocenters. The van der Waals surface area contributed by atoms with Gasteiger partial charge in [0.1, 0.15) is 6.54 Å². The topological polar surface area (TPSA) is 55.8 Å². The Morgan fingerprint density at radius 3 is 2.15 bits per heavy atom. The molecule has 2 aromatic rings. The van der Waals surface area contributed by atoms with Crippen molar-refractivity contribution in [2.75, 3.05) is 25.7 Å². The maximum absolute atomic E-state index is 12.0. The van der Waals surface area contributed by atoms with E-state index >= 15 is 0 Å². The first-order valence-electron chi connectivity index (χ1n) is 8.60. The molecule has 0 fully saturated rings. The van der Waals surface area contributed by atoms with Gasteiger partial charge in [-0.15, -0.1) is 0 Å². The molecule has 0 aliphatic rings. The number of hydrogen-bond acceptors (Lipinski definition) is 5. The zero-order valence-electron chi connectivity index (χ0n) is 16.1. The fraction of sp³-hybridized carbons (Fsp3) is 0.333. The minimum Gasteiger partial charge on any atom is -0.468 e. The molecule has 0 aromatic heterocycles. The molecule has 2 aromatic carbocycles. The number of carbonyl (C=O) groups is 2. The molecule has 0 radical (unpaired) electrons. The third-order valence-electron chi connectivity index (χ3n) is 3.79. The van der Waals surface area contributed by atoms with Gasteiger partial charge in [0.25, 0.3) is 0 Å². The van der Waals surface area contributed by atoms with Crippen LogP contribution in [0.2, 0.25) is 0 Å². The molecule has 0 spiro atoms. The third-order valence-corrected chi connectivity index (χ3v) is 3.79. The maximum atomic E-state index is 12.0. The molecular weight excluding hydrogens is 330 g/mol. The number of ether oxygens (including phenoxy) is 2. The van der Waals surface area contributed by atoms with E-state index in [-0.39, 0.29) is 12.5 Å². The van der Waals surface area contributed by atoms with Crippen molar-refractivity contribution >= 4 is 17.6 Å². The number of rotatable bonds is 6. The van der Waals surface area contributed by atoms with E-state index in [0.717, 1.165) is 16.8 Å². The first-order chi connectivity index (χ1) is 12.6. The zero-order valence-corrected chi connectivity index (χ0v) is 16.1. The standard InChI is InChI=1S/C19H21NO4.C2H6/c1-14-8-4-7-11-17(14)20(13-18(21)23-2)12-15-9-5-6-10-16(15)19(22)24-3;1-2/h4-11H,12-13H2,1-3H3;1-2H3. The lowest BCUT2D eigenvalue weighted by Crippen LogP contribution is -2.31. The number of esters is 2.